The normalized spacial score (nSPS) is 11.4. The molecule has 0 aliphatic heterocycles. The van der Waals surface area contributed by atoms with Crippen LogP contribution in [0.4, 0.5) is 0 Å². The molecule has 7 heteroatoms. The summed E-state index contributed by atoms with van der Waals surface area (Å²) in [7, 11) is -2.48. The highest BCUT2D eigenvalue weighted by atomic mass is 32.2. The van der Waals surface area contributed by atoms with E-state index < -0.39 is 16.0 Å². The fourth-order valence-corrected chi connectivity index (χ4v) is 3.29. The van der Waals surface area contributed by atoms with Gasteiger partial charge in [-0.25, -0.2) is 8.42 Å². The van der Waals surface area contributed by atoms with Crippen molar-refractivity contribution >= 4 is 21.8 Å². The molecular weight excluding hydrogens is 294 g/mol. The molecule has 0 aliphatic rings. The number of methoxy groups -OCH3 is 1. The number of ether oxygens (including phenoxy) is 1. The van der Waals surface area contributed by atoms with Crippen molar-refractivity contribution in [1.82, 2.24) is 4.31 Å². The number of Topliss-reactive ketones (excluding diaryl/α,β-unsaturated/α-hetero) is 1. The van der Waals surface area contributed by atoms with E-state index in [-0.39, 0.29) is 30.2 Å². The number of esters is 1. The van der Waals surface area contributed by atoms with Gasteiger partial charge in [-0.05, 0) is 19.1 Å². The van der Waals surface area contributed by atoms with Gasteiger partial charge in [-0.2, -0.15) is 4.31 Å². The second-order valence-corrected chi connectivity index (χ2v) is 6.34. The smallest absolute Gasteiger partial charge is 0.306 e. The first-order chi connectivity index (χ1) is 9.82. The van der Waals surface area contributed by atoms with Crippen molar-refractivity contribution < 1.29 is 22.7 Å². The second-order valence-electron chi connectivity index (χ2n) is 4.41. The van der Waals surface area contributed by atoms with Gasteiger partial charge in [0.1, 0.15) is 0 Å². The SMILES string of the molecule is CCN(CCC(=O)OC)S(=O)(=O)c1cccc(C(C)=O)c1. The molecule has 0 spiro atoms. The Morgan fingerprint density at radius 1 is 1.29 bits per heavy atom. The van der Waals surface area contributed by atoms with Crippen LogP contribution in [0.3, 0.4) is 0 Å². The molecule has 6 nitrogen and oxygen atoms in total. The number of hydrogen-bond acceptors (Lipinski definition) is 5. The van der Waals surface area contributed by atoms with Crippen molar-refractivity contribution in [3.63, 3.8) is 0 Å². The van der Waals surface area contributed by atoms with Crippen molar-refractivity contribution in [2.45, 2.75) is 25.2 Å². The third-order valence-corrected chi connectivity index (χ3v) is 4.99. The van der Waals surface area contributed by atoms with E-state index in [4.69, 9.17) is 0 Å². The summed E-state index contributed by atoms with van der Waals surface area (Å²) in [6, 6.07) is 5.87. The molecule has 0 radical (unpaired) electrons. The zero-order chi connectivity index (χ0) is 16.0. The van der Waals surface area contributed by atoms with Crippen LogP contribution < -0.4 is 0 Å². The van der Waals surface area contributed by atoms with Crippen LogP contribution in [0.15, 0.2) is 29.2 Å². The Morgan fingerprint density at radius 3 is 2.48 bits per heavy atom. The average molecular weight is 313 g/mol. The standard InChI is InChI=1S/C14H19NO5S/c1-4-15(9-8-14(17)20-3)21(18,19)13-7-5-6-12(10-13)11(2)16/h5-7,10H,4,8-9H2,1-3H3. The highest BCUT2D eigenvalue weighted by Crippen LogP contribution is 2.17. The van der Waals surface area contributed by atoms with Crippen LogP contribution in [-0.2, 0) is 19.6 Å². The van der Waals surface area contributed by atoms with Gasteiger partial charge >= 0.3 is 5.97 Å². The van der Waals surface area contributed by atoms with Gasteiger partial charge in [0.25, 0.3) is 0 Å². The Labute approximate surface area is 124 Å². The number of nitrogens with zero attached hydrogens (tertiary/aromatic N) is 1. The fraction of sp³-hybridized carbons (Fsp3) is 0.429. The molecule has 21 heavy (non-hydrogen) atoms. The van der Waals surface area contributed by atoms with Gasteiger partial charge < -0.3 is 4.74 Å². The molecule has 0 saturated heterocycles. The third kappa shape index (κ3) is 4.37. The summed E-state index contributed by atoms with van der Waals surface area (Å²) in [5.74, 6) is -0.675. The lowest BCUT2D eigenvalue weighted by atomic mass is 10.2. The lowest BCUT2D eigenvalue weighted by Crippen LogP contribution is -2.33. The molecule has 0 saturated carbocycles. The highest BCUT2D eigenvalue weighted by Gasteiger charge is 2.24. The summed E-state index contributed by atoms with van der Waals surface area (Å²) < 4.78 is 30.7. The largest absolute Gasteiger partial charge is 0.469 e. The number of ketones is 1. The van der Waals surface area contributed by atoms with E-state index in [1.54, 1.807) is 13.0 Å². The number of hydrogen-bond donors (Lipinski definition) is 0. The molecular formula is C14H19NO5S. The Bertz CT molecular complexity index is 624. The Balaban J connectivity index is 3.04. The van der Waals surface area contributed by atoms with Crippen molar-refractivity contribution in [3.05, 3.63) is 29.8 Å². The van der Waals surface area contributed by atoms with Crippen molar-refractivity contribution in [3.8, 4) is 0 Å². The minimum Gasteiger partial charge on any atom is -0.469 e. The van der Waals surface area contributed by atoms with E-state index in [1.165, 1.54) is 36.5 Å². The molecule has 0 bridgehead atoms. The number of carbonyl (C=O) groups is 2. The first-order valence-corrected chi connectivity index (χ1v) is 7.95. The zero-order valence-corrected chi connectivity index (χ0v) is 13.1. The second kappa shape index (κ2) is 7.33. The summed E-state index contributed by atoms with van der Waals surface area (Å²) >= 11 is 0. The van der Waals surface area contributed by atoms with E-state index in [2.05, 4.69) is 4.74 Å². The minimum atomic E-state index is -3.74. The maximum absolute atomic E-state index is 12.5. The average Bonchev–Trinajstić information content (AvgIpc) is 2.47. The molecule has 0 heterocycles. The van der Waals surface area contributed by atoms with Crippen LogP contribution in [0.5, 0.6) is 0 Å². The molecule has 0 unspecified atom stereocenters. The Hall–Kier alpha value is -1.73. The van der Waals surface area contributed by atoms with Crippen molar-refractivity contribution in [1.29, 1.82) is 0 Å². The summed E-state index contributed by atoms with van der Waals surface area (Å²) in [5.41, 5.74) is 0.333. The molecule has 0 atom stereocenters. The molecule has 1 aromatic carbocycles. The summed E-state index contributed by atoms with van der Waals surface area (Å²) in [6.07, 6.45) is -0.0179. The van der Waals surface area contributed by atoms with Crippen LogP contribution in [0.1, 0.15) is 30.6 Å². The van der Waals surface area contributed by atoms with Gasteiger partial charge in [-0.1, -0.05) is 19.1 Å². The van der Waals surface area contributed by atoms with Gasteiger partial charge in [0, 0.05) is 18.7 Å². The van der Waals surface area contributed by atoms with E-state index in [1.807, 2.05) is 0 Å². The van der Waals surface area contributed by atoms with Crippen LogP contribution >= 0.6 is 0 Å². The molecule has 0 aromatic heterocycles. The van der Waals surface area contributed by atoms with Gasteiger partial charge in [0.2, 0.25) is 10.0 Å². The monoisotopic (exact) mass is 313 g/mol. The topological polar surface area (TPSA) is 80.8 Å². The van der Waals surface area contributed by atoms with Gasteiger partial charge in [-0.3, -0.25) is 9.59 Å². The first kappa shape index (κ1) is 17.3. The van der Waals surface area contributed by atoms with E-state index >= 15 is 0 Å². The lowest BCUT2D eigenvalue weighted by molar-refractivity contribution is -0.140. The molecule has 0 aliphatic carbocycles. The molecule has 0 N–H and O–H groups in total. The summed E-state index contributed by atoms with van der Waals surface area (Å²) in [6.45, 7) is 3.32. The lowest BCUT2D eigenvalue weighted by Gasteiger charge is -2.20. The maximum atomic E-state index is 12.5. The number of sulfonamides is 1. The Kier molecular flexibility index (Phi) is 6.04. The van der Waals surface area contributed by atoms with Crippen LogP contribution in [-0.4, -0.2) is 44.7 Å². The van der Waals surface area contributed by atoms with Crippen LogP contribution in [0, 0.1) is 0 Å². The van der Waals surface area contributed by atoms with Crippen LogP contribution in [0.2, 0.25) is 0 Å². The molecule has 0 fully saturated rings. The quantitative estimate of drug-likeness (QED) is 0.562. The number of rotatable bonds is 7. The fourth-order valence-electron chi connectivity index (χ4n) is 1.79. The highest BCUT2D eigenvalue weighted by molar-refractivity contribution is 7.89. The molecule has 1 aromatic rings. The predicted octanol–water partition coefficient (Wildman–Crippen LogP) is 1.46. The summed E-state index contributed by atoms with van der Waals surface area (Å²) in [4.78, 5) is 22.5. The van der Waals surface area contributed by atoms with Crippen molar-refractivity contribution in [2.75, 3.05) is 20.2 Å². The van der Waals surface area contributed by atoms with Gasteiger partial charge in [-0.15, -0.1) is 0 Å². The Morgan fingerprint density at radius 2 is 1.95 bits per heavy atom. The molecule has 0 amide bonds. The molecule has 1 rings (SSSR count). The van der Waals surface area contributed by atoms with Crippen LogP contribution in [0.25, 0.3) is 0 Å². The maximum Gasteiger partial charge on any atom is 0.306 e. The minimum absolute atomic E-state index is 0.0179. The predicted molar refractivity (Wildman–Crippen MR) is 77.5 cm³/mol. The first-order valence-electron chi connectivity index (χ1n) is 6.51. The van der Waals surface area contributed by atoms with E-state index in [9.17, 15) is 18.0 Å². The zero-order valence-electron chi connectivity index (χ0n) is 12.3. The van der Waals surface area contributed by atoms with Gasteiger partial charge in [0.05, 0.1) is 18.4 Å². The third-order valence-electron chi connectivity index (χ3n) is 3.02. The summed E-state index contributed by atoms with van der Waals surface area (Å²) in [5, 5.41) is 0. The van der Waals surface area contributed by atoms with Crippen molar-refractivity contribution in [2.24, 2.45) is 0 Å². The number of carbonyl (C=O) groups excluding carboxylic acids is 2. The van der Waals surface area contributed by atoms with E-state index in [0.717, 1.165) is 0 Å². The van der Waals surface area contributed by atoms with E-state index in [0.29, 0.717) is 5.56 Å². The van der Waals surface area contributed by atoms with Gasteiger partial charge in [0.15, 0.2) is 5.78 Å². The molecule has 116 valence electrons. The number of benzene rings is 1.